The summed E-state index contributed by atoms with van der Waals surface area (Å²) in [5.74, 6) is 1.28. The Balaban J connectivity index is 2.01. The fourth-order valence-electron chi connectivity index (χ4n) is 2.53. The number of benzene rings is 1. The highest BCUT2D eigenvalue weighted by molar-refractivity contribution is 5.39. The highest BCUT2D eigenvalue weighted by atomic mass is 16.5. The molecule has 1 atom stereocenters. The number of rotatable bonds is 7. The van der Waals surface area contributed by atoms with Crippen LogP contribution in [0.2, 0.25) is 0 Å². The predicted molar refractivity (Wildman–Crippen MR) is 91.1 cm³/mol. The first-order chi connectivity index (χ1) is 11.5. The standard InChI is InChI=1S/C18H23N3O3/c1-12-14(5-15(9-19)21(12)2)10-20-11-18(22)13-6-16(23-3)8-17(7-13)24-4/h5-8,18,20,22H,10-11H2,1-4H3. The molecule has 0 aliphatic carbocycles. The van der Waals surface area contributed by atoms with Crippen LogP contribution >= 0.6 is 0 Å². The predicted octanol–water partition coefficient (Wildman–Crippen LogP) is 2.05. The van der Waals surface area contributed by atoms with Crippen LogP contribution in [0.3, 0.4) is 0 Å². The SMILES string of the molecule is COc1cc(OC)cc(C(O)CNCc2cc(C#N)n(C)c2C)c1. The van der Waals surface area contributed by atoms with Crippen LogP contribution in [0.5, 0.6) is 11.5 Å². The second kappa shape index (κ2) is 7.86. The number of hydrogen-bond donors (Lipinski definition) is 2. The summed E-state index contributed by atoms with van der Waals surface area (Å²) in [5, 5.41) is 22.7. The van der Waals surface area contributed by atoms with Gasteiger partial charge in [-0.25, -0.2) is 0 Å². The quantitative estimate of drug-likeness (QED) is 0.813. The lowest BCUT2D eigenvalue weighted by Gasteiger charge is -2.15. The van der Waals surface area contributed by atoms with E-state index in [-0.39, 0.29) is 0 Å². The monoisotopic (exact) mass is 329 g/mol. The van der Waals surface area contributed by atoms with Gasteiger partial charge in [0.2, 0.25) is 0 Å². The number of aliphatic hydroxyl groups is 1. The minimum Gasteiger partial charge on any atom is -0.497 e. The average Bonchev–Trinajstić information content (AvgIpc) is 2.88. The maximum absolute atomic E-state index is 10.4. The van der Waals surface area contributed by atoms with E-state index in [9.17, 15) is 5.11 Å². The van der Waals surface area contributed by atoms with Crippen LogP contribution in [0.4, 0.5) is 0 Å². The van der Waals surface area contributed by atoms with Crippen molar-refractivity contribution in [2.75, 3.05) is 20.8 Å². The zero-order chi connectivity index (χ0) is 17.7. The average molecular weight is 329 g/mol. The van der Waals surface area contributed by atoms with Gasteiger partial charge in [0.05, 0.1) is 20.3 Å². The molecule has 1 aromatic carbocycles. The molecule has 2 rings (SSSR count). The van der Waals surface area contributed by atoms with Crippen LogP contribution in [0.1, 0.15) is 28.6 Å². The van der Waals surface area contributed by atoms with E-state index in [2.05, 4.69) is 11.4 Å². The van der Waals surface area contributed by atoms with Crippen LogP contribution in [0.25, 0.3) is 0 Å². The first-order valence-electron chi connectivity index (χ1n) is 7.67. The van der Waals surface area contributed by atoms with Crippen molar-refractivity contribution in [3.63, 3.8) is 0 Å². The number of nitrogens with one attached hydrogen (secondary N) is 1. The van der Waals surface area contributed by atoms with E-state index < -0.39 is 6.10 Å². The first-order valence-corrected chi connectivity index (χ1v) is 7.67. The maximum Gasteiger partial charge on any atom is 0.122 e. The van der Waals surface area contributed by atoms with E-state index in [4.69, 9.17) is 14.7 Å². The van der Waals surface area contributed by atoms with E-state index >= 15 is 0 Å². The van der Waals surface area contributed by atoms with Gasteiger partial charge in [-0.2, -0.15) is 5.26 Å². The molecule has 0 aliphatic rings. The Hall–Kier alpha value is -2.49. The Morgan fingerprint density at radius 1 is 1.21 bits per heavy atom. The van der Waals surface area contributed by atoms with Crippen LogP contribution < -0.4 is 14.8 Å². The fourth-order valence-corrected chi connectivity index (χ4v) is 2.53. The van der Waals surface area contributed by atoms with E-state index in [0.717, 1.165) is 16.8 Å². The van der Waals surface area contributed by atoms with Crippen LogP contribution in [-0.2, 0) is 13.6 Å². The molecule has 0 spiro atoms. The second-order valence-electron chi connectivity index (χ2n) is 5.60. The molecule has 6 nitrogen and oxygen atoms in total. The molecular weight excluding hydrogens is 306 g/mol. The molecule has 0 amide bonds. The summed E-state index contributed by atoms with van der Waals surface area (Å²) < 4.78 is 12.3. The fraction of sp³-hybridized carbons (Fsp3) is 0.389. The Labute approximate surface area is 142 Å². The summed E-state index contributed by atoms with van der Waals surface area (Å²) in [5.41, 5.74) is 3.43. The van der Waals surface area contributed by atoms with Crippen molar-refractivity contribution < 1.29 is 14.6 Å². The summed E-state index contributed by atoms with van der Waals surface area (Å²) in [6.07, 6.45) is -0.687. The van der Waals surface area contributed by atoms with Crippen LogP contribution in [-0.4, -0.2) is 30.4 Å². The largest absolute Gasteiger partial charge is 0.497 e. The molecule has 1 heterocycles. The summed E-state index contributed by atoms with van der Waals surface area (Å²) in [4.78, 5) is 0. The number of aromatic nitrogens is 1. The lowest BCUT2D eigenvalue weighted by Crippen LogP contribution is -2.21. The summed E-state index contributed by atoms with van der Waals surface area (Å²) in [7, 11) is 5.02. The van der Waals surface area contributed by atoms with Crippen LogP contribution in [0.15, 0.2) is 24.3 Å². The molecule has 6 heteroatoms. The lowest BCUT2D eigenvalue weighted by molar-refractivity contribution is 0.173. The maximum atomic E-state index is 10.4. The van der Waals surface area contributed by atoms with Gasteiger partial charge in [0.15, 0.2) is 0 Å². The van der Waals surface area contributed by atoms with Crippen molar-refractivity contribution in [3.05, 3.63) is 46.8 Å². The lowest BCUT2D eigenvalue weighted by atomic mass is 10.1. The molecule has 2 aromatic rings. The van der Waals surface area contributed by atoms with Crippen molar-refractivity contribution in [1.29, 1.82) is 5.26 Å². The summed E-state index contributed by atoms with van der Waals surface area (Å²) in [6.45, 7) is 2.94. The molecule has 1 unspecified atom stereocenters. The number of nitrogens with zero attached hydrogens (tertiary/aromatic N) is 2. The molecule has 0 fully saturated rings. The smallest absolute Gasteiger partial charge is 0.122 e. The molecule has 24 heavy (non-hydrogen) atoms. The Morgan fingerprint density at radius 3 is 2.33 bits per heavy atom. The zero-order valence-electron chi connectivity index (χ0n) is 14.5. The molecule has 0 radical (unpaired) electrons. The third-order valence-corrected chi connectivity index (χ3v) is 4.17. The minimum absolute atomic E-state index is 0.381. The van der Waals surface area contributed by atoms with Gasteiger partial charge >= 0.3 is 0 Å². The molecule has 0 saturated carbocycles. The van der Waals surface area contributed by atoms with Gasteiger partial charge in [-0.3, -0.25) is 0 Å². The topological polar surface area (TPSA) is 79.4 Å². The van der Waals surface area contributed by atoms with Crippen LogP contribution in [0, 0.1) is 18.3 Å². The highest BCUT2D eigenvalue weighted by Gasteiger charge is 2.12. The molecule has 128 valence electrons. The van der Waals surface area contributed by atoms with Crippen molar-refractivity contribution in [2.45, 2.75) is 19.6 Å². The van der Waals surface area contributed by atoms with Gasteiger partial charge in [-0.05, 0) is 36.2 Å². The molecule has 0 saturated heterocycles. The Morgan fingerprint density at radius 2 is 1.83 bits per heavy atom. The molecular formula is C18H23N3O3. The van der Waals surface area contributed by atoms with Gasteiger partial charge in [0.1, 0.15) is 23.3 Å². The van der Waals surface area contributed by atoms with E-state index in [1.807, 2.05) is 24.6 Å². The normalized spacial score (nSPS) is 11.8. The number of ether oxygens (including phenoxy) is 2. The molecule has 0 bridgehead atoms. The summed E-state index contributed by atoms with van der Waals surface area (Å²) in [6, 6.07) is 9.37. The second-order valence-corrected chi connectivity index (χ2v) is 5.60. The number of nitriles is 1. The number of hydrogen-bond acceptors (Lipinski definition) is 5. The van der Waals surface area contributed by atoms with E-state index in [0.29, 0.717) is 30.3 Å². The molecule has 0 aliphatic heterocycles. The Bertz CT molecular complexity index is 724. The third-order valence-electron chi connectivity index (χ3n) is 4.17. The van der Waals surface area contributed by atoms with Gasteiger partial charge in [-0.15, -0.1) is 0 Å². The van der Waals surface area contributed by atoms with E-state index in [1.165, 1.54) is 0 Å². The van der Waals surface area contributed by atoms with E-state index in [1.54, 1.807) is 32.4 Å². The van der Waals surface area contributed by atoms with Crippen molar-refractivity contribution in [3.8, 4) is 17.6 Å². The van der Waals surface area contributed by atoms with Gasteiger partial charge in [0.25, 0.3) is 0 Å². The highest BCUT2D eigenvalue weighted by Crippen LogP contribution is 2.26. The molecule has 1 aromatic heterocycles. The van der Waals surface area contributed by atoms with Crippen molar-refractivity contribution >= 4 is 0 Å². The van der Waals surface area contributed by atoms with Crippen molar-refractivity contribution in [2.24, 2.45) is 7.05 Å². The minimum atomic E-state index is -0.687. The zero-order valence-corrected chi connectivity index (χ0v) is 14.5. The Kier molecular flexibility index (Phi) is 5.85. The number of aliphatic hydroxyl groups excluding tert-OH is 1. The van der Waals surface area contributed by atoms with Gasteiger partial charge < -0.3 is 24.5 Å². The van der Waals surface area contributed by atoms with Gasteiger partial charge in [0, 0.05) is 31.9 Å². The first kappa shape index (κ1) is 17.9. The van der Waals surface area contributed by atoms with Gasteiger partial charge in [-0.1, -0.05) is 0 Å². The third kappa shape index (κ3) is 3.88. The number of methoxy groups -OCH3 is 2. The summed E-state index contributed by atoms with van der Waals surface area (Å²) >= 11 is 0. The van der Waals surface area contributed by atoms with Crippen molar-refractivity contribution in [1.82, 2.24) is 9.88 Å². The molecule has 2 N–H and O–H groups in total.